The van der Waals surface area contributed by atoms with Crippen LogP contribution in [-0.4, -0.2) is 220 Å². The number of rotatable bonds is 31. The van der Waals surface area contributed by atoms with Gasteiger partial charge in [-0.15, -0.1) is 0 Å². The summed E-state index contributed by atoms with van der Waals surface area (Å²) in [5, 5.41) is 26.5. The molecule has 4 rings (SSSR count). The minimum atomic E-state index is -1.48. The van der Waals surface area contributed by atoms with E-state index in [0.717, 1.165) is 14.7 Å². The van der Waals surface area contributed by atoms with E-state index in [1.165, 1.54) is 4.90 Å². The number of carbonyl (C=O) groups is 16. The van der Waals surface area contributed by atoms with Crippen molar-refractivity contribution in [2.45, 2.75) is 151 Å². The maximum Gasteiger partial charge on any atom is 0.326 e. The number of hydrogen-bond donors (Lipinski definition) is 13. The quantitative estimate of drug-likeness (QED) is 0.0307. The first-order valence-electron chi connectivity index (χ1n) is 26.6. The van der Waals surface area contributed by atoms with Gasteiger partial charge in [0.05, 0.1) is 26.2 Å². The highest BCUT2D eigenvalue weighted by Crippen LogP contribution is 2.22. The molecule has 0 bridgehead atoms. The molecule has 0 unspecified atom stereocenters. The fourth-order valence-corrected chi connectivity index (χ4v) is 9.91. The molecule has 15 amide bonds. The summed E-state index contributed by atoms with van der Waals surface area (Å²) < 4.78 is 0. The molecule has 4 saturated heterocycles. The molecule has 0 aromatic carbocycles. The molecule has 448 valence electrons. The number of nitrogens with two attached hydrogens (primary N) is 5. The Hall–Kier alpha value is -8.52. The van der Waals surface area contributed by atoms with E-state index in [1.807, 2.05) is 0 Å². The second-order valence-electron chi connectivity index (χ2n) is 19.9. The average molecular weight is 1150 g/mol. The highest BCUT2D eigenvalue weighted by Gasteiger charge is 2.41. The van der Waals surface area contributed by atoms with Crippen LogP contribution in [0, 0.1) is 0 Å². The first-order chi connectivity index (χ1) is 38.3. The molecule has 33 heteroatoms. The number of hydrogen-bond acceptors (Lipinski definition) is 17. The first kappa shape index (κ1) is 65.0. The van der Waals surface area contributed by atoms with Crippen LogP contribution in [0.2, 0.25) is 0 Å². The highest BCUT2D eigenvalue weighted by atomic mass is 16.4. The Morgan fingerprint density at radius 3 is 0.852 bits per heavy atom. The number of carbonyl (C=O) groups excluding carboxylic acids is 15. The molecular weight excluding hydrogens is 1070 g/mol. The molecule has 4 aliphatic rings. The van der Waals surface area contributed by atoms with Gasteiger partial charge in [0.25, 0.3) is 0 Å². The number of nitrogens with one attached hydrogen (secondary N) is 7. The monoisotopic (exact) mass is 1150 g/mol. The molecule has 0 spiro atoms. The summed E-state index contributed by atoms with van der Waals surface area (Å²) in [6.45, 7) is -1.98. The van der Waals surface area contributed by atoms with Crippen molar-refractivity contribution in [3.63, 3.8) is 0 Å². The maximum absolute atomic E-state index is 13.8. The third-order valence-corrected chi connectivity index (χ3v) is 14.2. The lowest BCUT2D eigenvalue weighted by Gasteiger charge is -2.28. The summed E-state index contributed by atoms with van der Waals surface area (Å²) >= 11 is 0. The molecule has 0 radical (unpaired) electrons. The summed E-state index contributed by atoms with van der Waals surface area (Å²) in [4.78, 5) is 210. The van der Waals surface area contributed by atoms with Gasteiger partial charge >= 0.3 is 5.97 Å². The van der Waals surface area contributed by atoms with Gasteiger partial charge in [-0.1, -0.05) is 0 Å². The minimum absolute atomic E-state index is 0.0233. The van der Waals surface area contributed by atoms with Gasteiger partial charge in [-0.3, -0.25) is 71.9 Å². The number of aliphatic carboxylic acids is 1. The van der Waals surface area contributed by atoms with E-state index in [2.05, 4.69) is 37.2 Å². The van der Waals surface area contributed by atoms with E-state index in [9.17, 15) is 81.8 Å². The van der Waals surface area contributed by atoms with Crippen LogP contribution in [0.1, 0.15) is 103 Å². The average Bonchev–Trinajstić information content (AvgIpc) is 4.33. The molecule has 4 aliphatic heterocycles. The topological polar surface area (TPSA) is 521 Å². The van der Waals surface area contributed by atoms with Crippen LogP contribution in [0.3, 0.4) is 0 Å². The number of amides is 15. The fourth-order valence-electron chi connectivity index (χ4n) is 9.91. The number of nitrogens with zero attached hydrogens (tertiary/aromatic N) is 4. The lowest BCUT2D eigenvalue weighted by atomic mass is 10.1. The Morgan fingerprint density at radius 1 is 0.383 bits per heavy atom. The Labute approximate surface area is 464 Å². The molecule has 0 aromatic rings. The predicted octanol–water partition coefficient (Wildman–Crippen LogP) is -8.66. The van der Waals surface area contributed by atoms with Gasteiger partial charge in [0.15, 0.2) is 0 Å². The summed E-state index contributed by atoms with van der Waals surface area (Å²) in [6.07, 6.45) is -0.496. The van der Waals surface area contributed by atoms with Crippen LogP contribution < -0.4 is 65.9 Å². The van der Waals surface area contributed by atoms with Gasteiger partial charge in [0.2, 0.25) is 88.6 Å². The van der Waals surface area contributed by atoms with Gasteiger partial charge < -0.3 is 90.6 Å². The number of carboxylic acids is 1. The Kier molecular flexibility index (Phi) is 25.1. The summed E-state index contributed by atoms with van der Waals surface area (Å²) in [7, 11) is 0. The smallest absolute Gasteiger partial charge is 0.326 e. The summed E-state index contributed by atoms with van der Waals surface area (Å²) in [5.41, 5.74) is 26.6. The zero-order valence-corrected chi connectivity index (χ0v) is 44.7. The molecule has 81 heavy (non-hydrogen) atoms. The zero-order chi connectivity index (χ0) is 60.1. The van der Waals surface area contributed by atoms with Gasteiger partial charge in [-0.25, -0.2) is 4.79 Å². The summed E-state index contributed by atoms with van der Waals surface area (Å²) in [6, 6.07) is -10.2. The lowest BCUT2D eigenvalue weighted by molar-refractivity contribution is -0.144. The SMILES string of the molecule is NCC(=O)N1CCC[C@H]1C(=O)N[C@@H](CCC(N)=O)C(=O)NCC(=O)N1CCC[C@H]1C(=O)N[C@@H](CCC(N)=O)C(=O)NCC(=O)N1CCC[C@H]1C(=O)N[C@@H](CCC(N)=O)C(=O)NCC(=O)N1CCC[C@H]1C(=O)N[C@@H](CCC(N)=O)C(=O)O. The van der Waals surface area contributed by atoms with Crippen molar-refractivity contribution in [1.29, 1.82) is 0 Å². The number of carboxylic acid groups (broad SMARTS) is 1. The van der Waals surface area contributed by atoms with Crippen molar-refractivity contribution in [1.82, 2.24) is 56.8 Å². The van der Waals surface area contributed by atoms with Crippen LogP contribution in [0.15, 0.2) is 0 Å². The third kappa shape index (κ3) is 19.7. The van der Waals surface area contributed by atoms with Crippen molar-refractivity contribution < 1.29 is 81.8 Å². The van der Waals surface area contributed by atoms with Crippen LogP contribution in [0.4, 0.5) is 0 Å². The van der Waals surface area contributed by atoms with Gasteiger partial charge in [-0.05, 0) is 77.0 Å². The molecule has 0 aromatic heterocycles. The fraction of sp³-hybridized carbons (Fsp3) is 0.667. The molecule has 18 N–H and O–H groups in total. The molecule has 4 heterocycles. The van der Waals surface area contributed by atoms with E-state index in [0.29, 0.717) is 32.1 Å². The van der Waals surface area contributed by atoms with Gasteiger partial charge in [0, 0.05) is 51.9 Å². The second-order valence-corrected chi connectivity index (χ2v) is 19.9. The first-order valence-corrected chi connectivity index (χ1v) is 26.6. The molecule has 4 fully saturated rings. The van der Waals surface area contributed by atoms with Crippen LogP contribution in [0.25, 0.3) is 0 Å². The van der Waals surface area contributed by atoms with E-state index < -0.39 is 175 Å². The second kappa shape index (κ2) is 31.3. The molecule has 0 saturated carbocycles. The van der Waals surface area contributed by atoms with Crippen LogP contribution in [0.5, 0.6) is 0 Å². The van der Waals surface area contributed by atoms with Gasteiger partial charge in [-0.2, -0.15) is 0 Å². The molecular formula is C48H74N16O17. The van der Waals surface area contributed by atoms with Crippen molar-refractivity contribution in [3.8, 4) is 0 Å². The number of likely N-dealkylation sites (tertiary alicyclic amines) is 4. The van der Waals surface area contributed by atoms with Crippen molar-refractivity contribution in [2.75, 3.05) is 52.4 Å². The maximum atomic E-state index is 13.8. The van der Waals surface area contributed by atoms with E-state index in [4.69, 9.17) is 28.7 Å². The third-order valence-electron chi connectivity index (χ3n) is 14.2. The van der Waals surface area contributed by atoms with E-state index in [1.54, 1.807) is 0 Å². The predicted molar refractivity (Wildman–Crippen MR) is 276 cm³/mol. The van der Waals surface area contributed by atoms with Crippen molar-refractivity contribution >= 4 is 94.6 Å². The van der Waals surface area contributed by atoms with E-state index >= 15 is 0 Å². The van der Waals surface area contributed by atoms with Crippen molar-refractivity contribution in [2.24, 2.45) is 28.7 Å². The minimum Gasteiger partial charge on any atom is -0.480 e. The Bertz CT molecular complexity index is 2440. The molecule has 0 aliphatic carbocycles. The van der Waals surface area contributed by atoms with Gasteiger partial charge in [0.1, 0.15) is 48.3 Å². The van der Waals surface area contributed by atoms with E-state index in [-0.39, 0.29) is 90.5 Å². The molecule has 8 atom stereocenters. The molecule has 33 nitrogen and oxygen atoms in total. The summed E-state index contributed by atoms with van der Waals surface area (Å²) in [5.74, 6) is -13.3. The zero-order valence-electron chi connectivity index (χ0n) is 44.7. The Morgan fingerprint density at radius 2 is 0.617 bits per heavy atom. The van der Waals surface area contributed by atoms with Crippen LogP contribution >= 0.6 is 0 Å². The largest absolute Gasteiger partial charge is 0.480 e. The Balaban J connectivity index is 1.33. The lowest BCUT2D eigenvalue weighted by Crippen LogP contribution is -2.57. The standard InChI is InChI=1S/C48H74N16O17/c49-21-37(69)61-17-1-5-29(61)44(76)57-25(9-13-33(50)65)41(73)54-22-38(70)62-18-2-6-30(62)45(77)58-26(10-14-34(51)66)42(74)55-23-39(71)63-19-3-7-31(63)46(78)59-27(11-15-35(52)67)43(75)56-24-40(72)64-20-4-8-32(64)47(79)60-28(48(80)81)12-16-36(53)68/h25-32H,1-24,49H2,(H2,50,65)(H2,51,66)(H2,52,67)(H2,53,68)(H,54,73)(H,55,74)(H,56,75)(H,57,76)(H,58,77)(H,59,78)(H,60,79)(H,80,81)/t25-,26-,27-,28-,29-,30-,31-,32-/m0/s1. The van der Waals surface area contributed by atoms with Crippen LogP contribution in [-0.2, 0) is 76.7 Å². The highest BCUT2D eigenvalue weighted by molar-refractivity contribution is 5.99. The number of primary amides is 4. The normalized spacial score (nSPS) is 19.9. The van der Waals surface area contributed by atoms with Crippen molar-refractivity contribution in [3.05, 3.63) is 0 Å².